The number of benzene rings is 2. The number of carbonyl (C=O) groups excluding carboxylic acids is 1. The Morgan fingerprint density at radius 3 is 2.64 bits per heavy atom. The number of aromatic nitrogens is 1. The zero-order chi connectivity index (χ0) is 25.1. The van der Waals surface area contributed by atoms with Crippen LogP contribution in [0.25, 0.3) is 11.7 Å². The minimum absolute atomic E-state index is 0.0469. The van der Waals surface area contributed by atoms with E-state index in [1.165, 1.54) is 12.1 Å². The van der Waals surface area contributed by atoms with Crippen LogP contribution in [0.1, 0.15) is 27.4 Å². The second-order valence-corrected chi connectivity index (χ2v) is 8.41. The lowest BCUT2D eigenvalue weighted by Crippen LogP contribution is -2.49. The van der Waals surface area contributed by atoms with Gasteiger partial charge in [-0.2, -0.15) is 10.2 Å². The molecule has 182 valence electrons. The molecule has 36 heavy (non-hydrogen) atoms. The first-order valence-electron chi connectivity index (χ1n) is 11.5. The Labute approximate surface area is 207 Å². The molecule has 1 aliphatic rings. The van der Waals surface area contributed by atoms with Crippen LogP contribution < -0.4 is 9.64 Å². The van der Waals surface area contributed by atoms with Gasteiger partial charge in [-0.1, -0.05) is 24.3 Å². The molecule has 1 amide bonds. The molecule has 5 rings (SSSR count). The van der Waals surface area contributed by atoms with Crippen molar-refractivity contribution < 1.29 is 22.8 Å². The Hall–Kier alpha value is -4.58. The molecule has 2 aromatic heterocycles. The number of piperazine rings is 1. The van der Waals surface area contributed by atoms with E-state index in [4.69, 9.17) is 13.6 Å². The molecule has 1 saturated heterocycles. The molecular formula is C27H23FN4O4. The molecule has 0 radical (unpaired) electrons. The third kappa shape index (κ3) is 4.79. The zero-order valence-electron chi connectivity index (χ0n) is 19.6. The van der Waals surface area contributed by atoms with Crippen LogP contribution in [0.3, 0.4) is 0 Å². The molecule has 3 heterocycles. The summed E-state index contributed by atoms with van der Waals surface area (Å²) in [4.78, 5) is 20.4. The van der Waals surface area contributed by atoms with Crippen LogP contribution in [-0.2, 0) is 6.61 Å². The fraction of sp³-hybridized carbons (Fsp3) is 0.222. The first-order valence-corrected chi connectivity index (χ1v) is 11.5. The molecule has 1 fully saturated rings. The fourth-order valence-electron chi connectivity index (χ4n) is 4.05. The highest BCUT2D eigenvalue weighted by molar-refractivity contribution is 5.94. The summed E-state index contributed by atoms with van der Waals surface area (Å²) in [6.45, 7) is 3.77. The number of furan rings is 1. The number of halogens is 1. The van der Waals surface area contributed by atoms with Crippen LogP contribution in [-0.4, -0.2) is 42.0 Å². The Morgan fingerprint density at radius 1 is 1.08 bits per heavy atom. The van der Waals surface area contributed by atoms with Gasteiger partial charge >= 0.3 is 0 Å². The average Bonchev–Trinajstić information content (AvgIpc) is 3.55. The zero-order valence-corrected chi connectivity index (χ0v) is 19.6. The largest absolute Gasteiger partial charge is 0.486 e. The van der Waals surface area contributed by atoms with Crippen LogP contribution >= 0.6 is 0 Å². The summed E-state index contributed by atoms with van der Waals surface area (Å²) in [5.41, 5.74) is 1.28. The van der Waals surface area contributed by atoms with Crippen LogP contribution in [0.4, 0.5) is 10.3 Å². The fourth-order valence-corrected chi connectivity index (χ4v) is 4.05. The molecule has 2 aromatic carbocycles. The number of hydrogen-bond donors (Lipinski definition) is 0. The lowest BCUT2D eigenvalue weighted by Gasteiger charge is -2.34. The standard InChI is InChI=1S/C27H23FN4O4/c1-18-5-4-6-19(15-18)34-17-20-9-10-24(35-20)25-30-23(16-29)27(36-25)32-13-11-31(12-14-32)26(33)21-7-2-3-8-22(21)28/h2-10,15H,11-14,17H2,1H3. The number of nitriles is 1. The monoisotopic (exact) mass is 486 g/mol. The molecular weight excluding hydrogens is 463 g/mol. The molecule has 0 bridgehead atoms. The summed E-state index contributed by atoms with van der Waals surface area (Å²) in [5, 5.41) is 9.61. The van der Waals surface area contributed by atoms with E-state index < -0.39 is 5.82 Å². The predicted octanol–water partition coefficient (Wildman–Crippen LogP) is 4.80. The van der Waals surface area contributed by atoms with Crippen LogP contribution in [0.5, 0.6) is 5.75 Å². The van der Waals surface area contributed by atoms with Crippen LogP contribution in [0.15, 0.2) is 69.5 Å². The number of aryl methyl sites for hydroxylation is 1. The van der Waals surface area contributed by atoms with Gasteiger partial charge in [-0.25, -0.2) is 4.39 Å². The first kappa shape index (κ1) is 23.2. The van der Waals surface area contributed by atoms with Crippen molar-refractivity contribution in [3.8, 4) is 23.5 Å². The number of anilines is 1. The normalized spacial score (nSPS) is 13.5. The number of oxazole rings is 1. The van der Waals surface area contributed by atoms with Crippen molar-refractivity contribution in [3.63, 3.8) is 0 Å². The van der Waals surface area contributed by atoms with Gasteiger partial charge in [0.25, 0.3) is 11.8 Å². The Morgan fingerprint density at radius 2 is 1.89 bits per heavy atom. The lowest BCUT2D eigenvalue weighted by molar-refractivity contribution is 0.0740. The molecule has 1 aliphatic heterocycles. The molecule has 8 nitrogen and oxygen atoms in total. The minimum Gasteiger partial charge on any atom is -0.486 e. The lowest BCUT2D eigenvalue weighted by atomic mass is 10.1. The third-order valence-corrected chi connectivity index (χ3v) is 5.92. The summed E-state index contributed by atoms with van der Waals surface area (Å²) < 4.78 is 31.5. The van der Waals surface area contributed by atoms with E-state index in [0.717, 1.165) is 11.3 Å². The number of rotatable bonds is 6. The van der Waals surface area contributed by atoms with Gasteiger partial charge < -0.3 is 23.4 Å². The third-order valence-electron chi connectivity index (χ3n) is 5.92. The second kappa shape index (κ2) is 9.96. The van der Waals surface area contributed by atoms with Gasteiger partial charge in [-0.3, -0.25) is 4.79 Å². The van der Waals surface area contributed by atoms with E-state index in [1.54, 1.807) is 29.2 Å². The quantitative estimate of drug-likeness (QED) is 0.386. The summed E-state index contributed by atoms with van der Waals surface area (Å²) >= 11 is 0. The van der Waals surface area contributed by atoms with Crippen LogP contribution in [0, 0.1) is 24.1 Å². The SMILES string of the molecule is Cc1cccc(OCc2ccc(-c3nc(C#N)c(N4CCN(C(=O)c5ccccc5F)CC4)o3)o2)c1. The molecule has 0 unspecified atom stereocenters. The average molecular weight is 487 g/mol. The van der Waals surface area contributed by atoms with Crippen molar-refractivity contribution in [1.82, 2.24) is 9.88 Å². The van der Waals surface area contributed by atoms with Crippen LogP contribution in [0.2, 0.25) is 0 Å². The smallest absolute Gasteiger partial charge is 0.266 e. The van der Waals surface area contributed by atoms with Gasteiger partial charge in [0.2, 0.25) is 11.6 Å². The highest BCUT2D eigenvalue weighted by Crippen LogP contribution is 2.30. The minimum atomic E-state index is -0.543. The number of ether oxygens (including phenoxy) is 1. The maximum Gasteiger partial charge on any atom is 0.266 e. The van der Waals surface area contributed by atoms with E-state index in [0.29, 0.717) is 43.6 Å². The van der Waals surface area contributed by atoms with Gasteiger partial charge in [-0.15, -0.1) is 0 Å². The second-order valence-electron chi connectivity index (χ2n) is 8.41. The predicted molar refractivity (Wildman–Crippen MR) is 129 cm³/mol. The van der Waals surface area contributed by atoms with E-state index in [9.17, 15) is 14.4 Å². The van der Waals surface area contributed by atoms with E-state index >= 15 is 0 Å². The van der Waals surface area contributed by atoms with Gasteiger partial charge in [0.15, 0.2) is 5.76 Å². The maximum atomic E-state index is 14.0. The summed E-state index contributed by atoms with van der Waals surface area (Å²) in [6, 6.07) is 19.2. The molecule has 9 heteroatoms. The van der Waals surface area contributed by atoms with Gasteiger partial charge in [-0.05, 0) is 48.9 Å². The van der Waals surface area contributed by atoms with Crippen molar-refractivity contribution in [2.45, 2.75) is 13.5 Å². The molecule has 0 N–H and O–H groups in total. The highest BCUT2D eigenvalue weighted by Gasteiger charge is 2.28. The summed E-state index contributed by atoms with van der Waals surface area (Å²) in [5.74, 6) is 1.32. The molecule has 4 aromatic rings. The van der Waals surface area contributed by atoms with Crippen molar-refractivity contribution >= 4 is 11.8 Å². The van der Waals surface area contributed by atoms with Crippen molar-refractivity contribution in [1.29, 1.82) is 5.26 Å². The van der Waals surface area contributed by atoms with Crippen molar-refractivity contribution in [2.75, 3.05) is 31.1 Å². The number of carbonyl (C=O) groups is 1. The molecule has 0 saturated carbocycles. The Balaban J connectivity index is 1.25. The first-order chi connectivity index (χ1) is 17.5. The van der Waals surface area contributed by atoms with Gasteiger partial charge in [0.05, 0.1) is 5.56 Å². The number of hydrogen-bond acceptors (Lipinski definition) is 7. The summed E-state index contributed by atoms with van der Waals surface area (Å²) in [6.07, 6.45) is 0. The highest BCUT2D eigenvalue weighted by atomic mass is 19.1. The molecule has 0 atom stereocenters. The van der Waals surface area contributed by atoms with Crippen molar-refractivity contribution in [3.05, 3.63) is 89.1 Å². The van der Waals surface area contributed by atoms with E-state index in [1.807, 2.05) is 36.1 Å². The van der Waals surface area contributed by atoms with Crippen molar-refractivity contribution in [2.24, 2.45) is 0 Å². The molecule has 0 spiro atoms. The summed E-state index contributed by atoms with van der Waals surface area (Å²) in [7, 11) is 0. The van der Waals surface area contributed by atoms with Gasteiger partial charge in [0.1, 0.15) is 30.0 Å². The topological polar surface area (TPSA) is 95.7 Å². The van der Waals surface area contributed by atoms with E-state index in [-0.39, 0.29) is 29.7 Å². The van der Waals surface area contributed by atoms with Gasteiger partial charge in [0, 0.05) is 26.2 Å². The number of nitrogens with zero attached hydrogens (tertiary/aromatic N) is 4. The number of amides is 1. The molecule has 0 aliphatic carbocycles. The Kier molecular flexibility index (Phi) is 6.41. The van der Waals surface area contributed by atoms with E-state index in [2.05, 4.69) is 11.1 Å². The Bertz CT molecular complexity index is 1430. The maximum absolute atomic E-state index is 14.0.